The fourth-order valence-electron chi connectivity index (χ4n) is 4.31. The molecule has 0 heterocycles. The molecule has 4 amide bonds. The van der Waals surface area contributed by atoms with Crippen molar-refractivity contribution < 1.29 is 28.7 Å². The number of alkyl carbamates (subject to hydrolysis) is 1. The third-order valence-corrected chi connectivity index (χ3v) is 6.56. The fraction of sp³-hybridized carbons (Fsp3) is 0.469. The highest BCUT2D eigenvalue weighted by molar-refractivity contribution is 6.38. The van der Waals surface area contributed by atoms with Gasteiger partial charge in [-0.1, -0.05) is 87.9 Å². The van der Waals surface area contributed by atoms with E-state index in [0.29, 0.717) is 6.42 Å². The predicted octanol–water partition coefficient (Wildman–Crippen LogP) is 3.60. The minimum atomic E-state index is -1.08. The van der Waals surface area contributed by atoms with Crippen LogP contribution in [0.25, 0.3) is 0 Å². The number of hydrogen-bond donors (Lipinski definition) is 4. The van der Waals surface area contributed by atoms with Gasteiger partial charge in [0.2, 0.25) is 17.6 Å². The molecular weight excluding hydrogens is 536 g/mol. The van der Waals surface area contributed by atoms with Gasteiger partial charge in [0.15, 0.2) is 0 Å². The average Bonchev–Trinajstić information content (AvgIpc) is 2.95. The number of carbonyl (C=O) groups is 5. The van der Waals surface area contributed by atoms with E-state index in [9.17, 15) is 24.0 Å². The van der Waals surface area contributed by atoms with Crippen molar-refractivity contribution in [2.75, 3.05) is 0 Å². The fourth-order valence-corrected chi connectivity index (χ4v) is 4.31. The highest BCUT2D eigenvalue weighted by Gasteiger charge is 2.33. The molecule has 0 fully saturated rings. The normalized spacial score (nSPS) is 13.8. The third-order valence-electron chi connectivity index (χ3n) is 6.56. The highest BCUT2D eigenvalue weighted by atomic mass is 16.6. The number of amides is 4. The molecule has 2 aromatic rings. The zero-order valence-corrected chi connectivity index (χ0v) is 25.3. The second kappa shape index (κ2) is 16.9. The Morgan fingerprint density at radius 1 is 0.714 bits per heavy atom. The minimum Gasteiger partial charge on any atom is -0.447 e. The lowest BCUT2D eigenvalue weighted by atomic mass is 10.00. The van der Waals surface area contributed by atoms with Crippen molar-refractivity contribution in [3.05, 3.63) is 71.8 Å². The number of Topliss-reactive ketones (excluding diaryl/α,β-unsaturated/α-hetero) is 1. The lowest BCUT2D eigenvalue weighted by Gasteiger charge is -2.27. The van der Waals surface area contributed by atoms with E-state index in [0.717, 1.165) is 11.1 Å². The van der Waals surface area contributed by atoms with Crippen LogP contribution >= 0.6 is 0 Å². The van der Waals surface area contributed by atoms with Gasteiger partial charge in [-0.3, -0.25) is 19.2 Å². The minimum absolute atomic E-state index is 0.129. The Balaban J connectivity index is 2.22. The molecule has 2 aromatic carbocycles. The molecule has 4 N–H and O–H groups in total. The molecule has 10 heteroatoms. The van der Waals surface area contributed by atoms with Crippen LogP contribution in [0, 0.1) is 5.92 Å². The van der Waals surface area contributed by atoms with Gasteiger partial charge in [0.05, 0.1) is 18.2 Å². The summed E-state index contributed by atoms with van der Waals surface area (Å²) in [5.74, 6) is -3.07. The van der Waals surface area contributed by atoms with E-state index in [-0.39, 0.29) is 24.9 Å². The average molecular weight is 581 g/mol. The highest BCUT2D eigenvalue weighted by Crippen LogP contribution is 2.12. The lowest BCUT2D eigenvalue weighted by molar-refractivity contribution is -0.141. The summed E-state index contributed by atoms with van der Waals surface area (Å²) in [6.07, 6.45) is -0.221. The largest absolute Gasteiger partial charge is 0.447 e. The van der Waals surface area contributed by atoms with Crippen LogP contribution in [-0.2, 0) is 30.3 Å². The summed E-state index contributed by atoms with van der Waals surface area (Å²) >= 11 is 0. The molecule has 228 valence electrons. The second-order valence-electron chi connectivity index (χ2n) is 10.9. The van der Waals surface area contributed by atoms with Gasteiger partial charge >= 0.3 is 6.09 Å². The van der Waals surface area contributed by atoms with E-state index in [1.807, 2.05) is 67.6 Å². The van der Waals surface area contributed by atoms with Crippen LogP contribution in [-0.4, -0.2) is 53.8 Å². The summed E-state index contributed by atoms with van der Waals surface area (Å²) < 4.78 is 5.13. The molecule has 4 atom stereocenters. The van der Waals surface area contributed by atoms with E-state index < -0.39 is 53.8 Å². The standard InChI is InChI=1S/C32H44N4O6/c1-7-14-25(28(37)31(40)33-22(6)24-17-12-9-13-18-24)34-29(38)26(19-23-15-10-8-11-16-23)35-30(39)27(20(2)3)36-32(41)42-21(4)5/h8-13,15-18,20-22,25-27H,7,14,19H2,1-6H3,(H,33,40)(H,34,38)(H,35,39)(H,36,41)/t22-,25-,26-,27-/m0/s1. The first kappa shape index (κ1) is 34.0. The maximum atomic E-state index is 13.6. The van der Waals surface area contributed by atoms with Gasteiger partial charge in [0.1, 0.15) is 12.1 Å². The van der Waals surface area contributed by atoms with Gasteiger partial charge in [-0.25, -0.2) is 4.79 Å². The molecule has 0 aliphatic rings. The molecule has 0 aromatic heterocycles. The van der Waals surface area contributed by atoms with Gasteiger partial charge < -0.3 is 26.0 Å². The number of rotatable bonds is 15. The summed E-state index contributed by atoms with van der Waals surface area (Å²) in [4.78, 5) is 65.2. The van der Waals surface area contributed by atoms with E-state index in [1.54, 1.807) is 34.6 Å². The van der Waals surface area contributed by atoms with Crippen LogP contribution in [0.1, 0.15) is 71.6 Å². The summed E-state index contributed by atoms with van der Waals surface area (Å²) in [5.41, 5.74) is 1.62. The first-order valence-electron chi connectivity index (χ1n) is 14.4. The number of ether oxygens (including phenoxy) is 1. The predicted molar refractivity (Wildman–Crippen MR) is 160 cm³/mol. The van der Waals surface area contributed by atoms with Crippen molar-refractivity contribution in [2.24, 2.45) is 5.92 Å². The SMILES string of the molecule is CCC[C@H](NC(=O)[C@H](Cc1ccccc1)NC(=O)[C@@H](NC(=O)OC(C)C)C(C)C)C(=O)C(=O)N[C@@H](C)c1ccccc1. The maximum absolute atomic E-state index is 13.6. The molecule has 2 rings (SSSR count). The third kappa shape index (κ3) is 11.0. The molecule has 0 unspecified atom stereocenters. The Kier molecular flexibility index (Phi) is 13.7. The van der Waals surface area contributed by atoms with Crippen LogP contribution in [0.2, 0.25) is 0 Å². The van der Waals surface area contributed by atoms with Crippen LogP contribution in [0.5, 0.6) is 0 Å². The molecule has 0 spiro atoms. The number of hydrogen-bond acceptors (Lipinski definition) is 6. The van der Waals surface area contributed by atoms with Crippen LogP contribution in [0.15, 0.2) is 60.7 Å². The van der Waals surface area contributed by atoms with Crippen molar-refractivity contribution in [1.29, 1.82) is 0 Å². The molecule has 0 saturated heterocycles. The van der Waals surface area contributed by atoms with Crippen LogP contribution in [0.3, 0.4) is 0 Å². The smallest absolute Gasteiger partial charge is 0.408 e. The van der Waals surface area contributed by atoms with Gasteiger partial charge in [0.25, 0.3) is 5.91 Å². The lowest BCUT2D eigenvalue weighted by Crippen LogP contribution is -2.58. The van der Waals surface area contributed by atoms with Gasteiger partial charge in [-0.05, 0) is 44.2 Å². The van der Waals surface area contributed by atoms with Gasteiger partial charge in [-0.15, -0.1) is 0 Å². The molecule has 42 heavy (non-hydrogen) atoms. The Morgan fingerprint density at radius 2 is 1.29 bits per heavy atom. The monoisotopic (exact) mass is 580 g/mol. The number of carbonyl (C=O) groups excluding carboxylic acids is 5. The van der Waals surface area contributed by atoms with E-state index in [1.165, 1.54) is 0 Å². The molecular formula is C32H44N4O6. The Hall–Kier alpha value is -4.21. The zero-order valence-electron chi connectivity index (χ0n) is 25.3. The second-order valence-corrected chi connectivity index (χ2v) is 10.9. The number of nitrogens with one attached hydrogen (secondary N) is 4. The van der Waals surface area contributed by atoms with E-state index in [2.05, 4.69) is 21.3 Å². The maximum Gasteiger partial charge on any atom is 0.408 e. The van der Waals surface area contributed by atoms with E-state index in [4.69, 9.17) is 4.74 Å². The quantitative estimate of drug-likeness (QED) is 0.237. The Labute approximate surface area is 248 Å². The molecule has 0 radical (unpaired) electrons. The number of benzene rings is 2. The summed E-state index contributed by atoms with van der Waals surface area (Å²) in [7, 11) is 0. The van der Waals surface area contributed by atoms with Crippen molar-refractivity contribution in [1.82, 2.24) is 21.3 Å². The van der Waals surface area contributed by atoms with Crippen molar-refractivity contribution in [3.8, 4) is 0 Å². The molecule has 10 nitrogen and oxygen atoms in total. The molecule has 0 bridgehead atoms. The van der Waals surface area contributed by atoms with Crippen LogP contribution in [0.4, 0.5) is 4.79 Å². The first-order chi connectivity index (χ1) is 19.9. The van der Waals surface area contributed by atoms with Crippen molar-refractivity contribution in [2.45, 2.75) is 91.1 Å². The van der Waals surface area contributed by atoms with Crippen molar-refractivity contribution in [3.63, 3.8) is 0 Å². The summed E-state index contributed by atoms with van der Waals surface area (Å²) in [6.45, 7) is 10.5. The summed E-state index contributed by atoms with van der Waals surface area (Å²) in [6, 6.07) is 14.8. The topological polar surface area (TPSA) is 143 Å². The number of ketones is 1. The first-order valence-corrected chi connectivity index (χ1v) is 14.4. The molecule has 0 saturated carbocycles. The summed E-state index contributed by atoms with van der Waals surface area (Å²) in [5, 5.41) is 10.7. The zero-order chi connectivity index (χ0) is 31.2. The van der Waals surface area contributed by atoms with E-state index >= 15 is 0 Å². The van der Waals surface area contributed by atoms with Crippen LogP contribution < -0.4 is 21.3 Å². The van der Waals surface area contributed by atoms with Crippen molar-refractivity contribution >= 4 is 29.6 Å². The molecule has 0 aliphatic heterocycles. The van der Waals surface area contributed by atoms with Gasteiger partial charge in [-0.2, -0.15) is 0 Å². The van der Waals surface area contributed by atoms with Gasteiger partial charge in [0, 0.05) is 6.42 Å². The Bertz CT molecular complexity index is 1190. The molecule has 0 aliphatic carbocycles. The Morgan fingerprint density at radius 3 is 1.83 bits per heavy atom.